The number of rotatable bonds is 1. The normalized spacial score (nSPS) is 41.0. The Morgan fingerprint density at radius 2 is 2.36 bits per heavy atom. The number of carbonyl (C=O) groups excluding carboxylic acids is 1. The smallest absolute Gasteiger partial charge is 0.302 e. The van der Waals surface area contributed by atoms with Crippen molar-refractivity contribution in [3.8, 4) is 0 Å². The van der Waals surface area contributed by atoms with Crippen LogP contribution in [0.4, 0.5) is 0 Å². The molecule has 11 heavy (non-hydrogen) atoms. The molecule has 1 N–H and O–H groups in total. The van der Waals surface area contributed by atoms with E-state index in [1.165, 1.54) is 13.3 Å². The van der Waals surface area contributed by atoms with Crippen LogP contribution in [0.2, 0.25) is 0 Å². The molecule has 1 saturated carbocycles. The van der Waals surface area contributed by atoms with E-state index in [2.05, 4.69) is 5.32 Å². The Balaban J connectivity index is 1.92. The maximum Gasteiger partial charge on any atom is 0.302 e. The summed E-state index contributed by atoms with van der Waals surface area (Å²) in [6, 6.07) is 0.615. The SMILES string of the molecule is CC(=O)O[C@@H]1C[C@@H]2C[C@H]1CN2. The first-order chi connectivity index (χ1) is 5.25. The Labute approximate surface area is 66.1 Å². The van der Waals surface area contributed by atoms with Crippen molar-refractivity contribution in [2.75, 3.05) is 6.54 Å². The molecule has 0 aromatic carbocycles. The van der Waals surface area contributed by atoms with Crippen LogP contribution < -0.4 is 5.32 Å². The van der Waals surface area contributed by atoms with E-state index < -0.39 is 0 Å². The monoisotopic (exact) mass is 155 g/mol. The van der Waals surface area contributed by atoms with Gasteiger partial charge in [-0.15, -0.1) is 0 Å². The standard InChI is InChI=1S/C8H13NO2/c1-5(10)11-8-3-7-2-6(8)4-9-7/h6-9H,2-4H2,1H3/t6-,7-,8+/m0/s1. The molecule has 62 valence electrons. The molecule has 3 atom stereocenters. The van der Waals surface area contributed by atoms with Crippen LogP contribution in [0.5, 0.6) is 0 Å². The molecule has 3 heteroatoms. The third-order valence-corrected chi connectivity index (χ3v) is 2.62. The van der Waals surface area contributed by atoms with E-state index in [4.69, 9.17) is 4.74 Å². The van der Waals surface area contributed by atoms with E-state index in [0.717, 1.165) is 13.0 Å². The second-order valence-corrected chi connectivity index (χ2v) is 3.48. The van der Waals surface area contributed by atoms with Crippen LogP contribution in [-0.4, -0.2) is 24.7 Å². The lowest BCUT2D eigenvalue weighted by Crippen LogP contribution is -2.34. The number of ether oxygens (including phenoxy) is 1. The first-order valence-electron chi connectivity index (χ1n) is 4.16. The third kappa shape index (κ3) is 1.25. The average molecular weight is 155 g/mol. The fraction of sp³-hybridized carbons (Fsp3) is 0.875. The lowest BCUT2D eigenvalue weighted by Gasteiger charge is -2.21. The highest BCUT2D eigenvalue weighted by Crippen LogP contribution is 2.33. The summed E-state index contributed by atoms with van der Waals surface area (Å²) in [5, 5.41) is 3.37. The van der Waals surface area contributed by atoms with Crippen molar-refractivity contribution in [1.29, 1.82) is 0 Å². The van der Waals surface area contributed by atoms with Gasteiger partial charge in [-0.3, -0.25) is 4.79 Å². The van der Waals surface area contributed by atoms with Gasteiger partial charge in [-0.25, -0.2) is 0 Å². The molecule has 2 rings (SSSR count). The van der Waals surface area contributed by atoms with E-state index >= 15 is 0 Å². The number of carbonyl (C=O) groups is 1. The third-order valence-electron chi connectivity index (χ3n) is 2.62. The van der Waals surface area contributed by atoms with Crippen molar-refractivity contribution in [2.24, 2.45) is 5.92 Å². The molecular formula is C8H13NO2. The molecule has 1 aliphatic heterocycles. The van der Waals surface area contributed by atoms with Crippen molar-refractivity contribution in [3.63, 3.8) is 0 Å². The zero-order valence-electron chi connectivity index (χ0n) is 6.67. The largest absolute Gasteiger partial charge is 0.462 e. The zero-order chi connectivity index (χ0) is 7.84. The van der Waals surface area contributed by atoms with Crippen molar-refractivity contribution >= 4 is 5.97 Å². The number of esters is 1. The Morgan fingerprint density at radius 3 is 2.82 bits per heavy atom. The predicted octanol–water partition coefficient (Wildman–Crippen LogP) is 0.300. The van der Waals surface area contributed by atoms with Crippen LogP contribution in [0.15, 0.2) is 0 Å². The van der Waals surface area contributed by atoms with E-state index in [-0.39, 0.29) is 12.1 Å². The van der Waals surface area contributed by atoms with Gasteiger partial charge >= 0.3 is 5.97 Å². The minimum absolute atomic E-state index is 0.137. The van der Waals surface area contributed by atoms with Gasteiger partial charge in [-0.05, 0) is 6.42 Å². The molecule has 2 fully saturated rings. The minimum atomic E-state index is -0.137. The van der Waals surface area contributed by atoms with E-state index in [1.807, 2.05) is 0 Å². The molecule has 1 saturated heterocycles. The molecule has 2 aliphatic rings. The van der Waals surface area contributed by atoms with Gasteiger partial charge < -0.3 is 10.1 Å². The van der Waals surface area contributed by atoms with Crippen molar-refractivity contribution in [1.82, 2.24) is 5.32 Å². The Hall–Kier alpha value is -0.570. The summed E-state index contributed by atoms with van der Waals surface area (Å²) >= 11 is 0. The molecule has 1 aliphatic carbocycles. The van der Waals surface area contributed by atoms with E-state index in [1.54, 1.807) is 0 Å². The summed E-state index contributed by atoms with van der Waals surface area (Å²) < 4.78 is 5.17. The summed E-state index contributed by atoms with van der Waals surface area (Å²) in [5.74, 6) is 0.450. The lowest BCUT2D eigenvalue weighted by atomic mass is 10.1. The second-order valence-electron chi connectivity index (χ2n) is 3.48. The Kier molecular flexibility index (Phi) is 1.60. The van der Waals surface area contributed by atoms with Gasteiger partial charge in [0.2, 0.25) is 0 Å². The first-order valence-corrected chi connectivity index (χ1v) is 4.16. The maximum atomic E-state index is 10.6. The lowest BCUT2D eigenvalue weighted by molar-refractivity contribution is -0.148. The highest BCUT2D eigenvalue weighted by atomic mass is 16.5. The highest BCUT2D eigenvalue weighted by Gasteiger charge is 2.41. The van der Waals surface area contributed by atoms with E-state index in [0.29, 0.717) is 12.0 Å². The topological polar surface area (TPSA) is 38.3 Å². The first kappa shape index (κ1) is 7.10. The van der Waals surface area contributed by atoms with Crippen LogP contribution in [-0.2, 0) is 9.53 Å². The Morgan fingerprint density at radius 1 is 1.55 bits per heavy atom. The second kappa shape index (κ2) is 2.48. The molecule has 2 bridgehead atoms. The Bertz CT molecular complexity index is 181. The van der Waals surface area contributed by atoms with Gasteiger partial charge in [0.25, 0.3) is 0 Å². The fourth-order valence-corrected chi connectivity index (χ4v) is 2.14. The molecular weight excluding hydrogens is 142 g/mol. The summed E-state index contributed by atoms with van der Waals surface area (Å²) in [6.45, 7) is 2.52. The van der Waals surface area contributed by atoms with Gasteiger partial charge in [0.15, 0.2) is 0 Å². The summed E-state index contributed by atoms with van der Waals surface area (Å²) in [7, 11) is 0. The molecule has 3 nitrogen and oxygen atoms in total. The predicted molar refractivity (Wildman–Crippen MR) is 40.1 cm³/mol. The number of nitrogens with one attached hydrogen (secondary N) is 1. The highest BCUT2D eigenvalue weighted by molar-refractivity contribution is 5.66. The van der Waals surface area contributed by atoms with Crippen LogP contribution in [0.25, 0.3) is 0 Å². The van der Waals surface area contributed by atoms with Crippen LogP contribution in [0, 0.1) is 5.92 Å². The van der Waals surface area contributed by atoms with Crippen molar-refractivity contribution in [3.05, 3.63) is 0 Å². The van der Waals surface area contributed by atoms with Crippen molar-refractivity contribution < 1.29 is 9.53 Å². The molecule has 1 heterocycles. The molecule has 0 spiro atoms. The van der Waals surface area contributed by atoms with Gasteiger partial charge in [0.1, 0.15) is 6.10 Å². The van der Waals surface area contributed by atoms with Crippen LogP contribution in [0.3, 0.4) is 0 Å². The number of hydrogen-bond donors (Lipinski definition) is 1. The average Bonchev–Trinajstić information content (AvgIpc) is 2.45. The van der Waals surface area contributed by atoms with Gasteiger partial charge in [0, 0.05) is 31.8 Å². The minimum Gasteiger partial charge on any atom is -0.462 e. The van der Waals surface area contributed by atoms with Gasteiger partial charge in [-0.1, -0.05) is 0 Å². The van der Waals surface area contributed by atoms with Crippen LogP contribution in [0.1, 0.15) is 19.8 Å². The van der Waals surface area contributed by atoms with Gasteiger partial charge in [-0.2, -0.15) is 0 Å². The zero-order valence-corrected chi connectivity index (χ0v) is 6.67. The molecule has 0 unspecified atom stereocenters. The number of fused-ring (bicyclic) bond motifs is 2. The molecule has 0 aromatic rings. The summed E-state index contributed by atoms with van der Waals surface area (Å²) in [4.78, 5) is 10.6. The summed E-state index contributed by atoms with van der Waals surface area (Å²) in [5.41, 5.74) is 0. The maximum absolute atomic E-state index is 10.6. The summed E-state index contributed by atoms with van der Waals surface area (Å²) in [6.07, 6.45) is 2.42. The van der Waals surface area contributed by atoms with E-state index in [9.17, 15) is 4.79 Å². The van der Waals surface area contributed by atoms with Crippen molar-refractivity contribution in [2.45, 2.75) is 31.9 Å². The number of piperidine rings is 1. The van der Waals surface area contributed by atoms with Crippen LogP contribution >= 0.6 is 0 Å². The molecule has 0 aromatic heterocycles. The quantitative estimate of drug-likeness (QED) is 0.553. The molecule has 0 amide bonds. The van der Waals surface area contributed by atoms with Gasteiger partial charge in [0.05, 0.1) is 0 Å². The fourth-order valence-electron chi connectivity index (χ4n) is 2.14. The number of hydrogen-bond acceptors (Lipinski definition) is 3. The molecule has 0 radical (unpaired) electrons.